The normalized spacial score (nSPS) is 13.2. The Labute approximate surface area is 140 Å². The fourth-order valence-electron chi connectivity index (χ4n) is 1.34. The highest BCUT2D eigenvalue weighted by atomic mass is 32.2. The summed E-state index contributed by atoms with van der Waals surface area (Å²) < 4.78 is 10.4. The molecule has 0 heterocycles. The van der Waals surface area contributed by atoms with Crippen molar-refractivity contribution < 1.29 is 14.3 Å². The minimum absolute atomic E-state index is 0.0717. The first-order chi connectivity index (χ1) is 11.1. The van der Waals surface area contributed by atoms with E-state index in [1.807, 2.05) is 0 Å². The highest BCUT2D eigenvalue weighted by molar-refractivity contribution is 7.99. The van der Waals surface area contributed by atoms with E-state index in [0.29, 0.717) is 57.6 Å². The number of rotatable bonds is 15. The molecule has 0 aromatic heterocycles. The molecular formula is C12H27N7O3S. The zero-order valence-electron chi connectivity index (χ0n) is 13.2. The molecule has 0 aliphatic rings. The number of thioether (sulfide) groups is 1. The van der Waals surface area contributed by atoms with E-state index in [4.69, 9.17) is 32.2 Å². The summed E-state index contributed by atoms with van der Waals surface area (Å²) >= 11 is 1.51. The summed E-state index contributed by atoms with van der Waals surface area (Å²) in [6.45, 7) is 2.67. The van der Waals surface area contributed by atoms with Crippen LogP contribution in [0.5, 0.6) is 0 Å². The van der Waals surface area contributed by atoms with Gasteiger partial charge in [-0.1, -0.05) is 5.11 Å². The Bertz CT molecular complexity index is 356. The standard InChI is InChI=1S/C12H27N7O3S/c13-7-10(14)8-23-9-11(15)12(20)17-1-3-21-5-6-22-4-2-18-19-16/h10-11H,1-9,13-15H2,(H,17,20)/t10-,11-/m0/s1. The van der Waals surface area contributed by atoms with E-state index in [0.717, 1.165) is 0 Å². The molecule has 1 amide bonds. The first kappa shape index (κ1) is 21.9. The minimum atomic E-state index is -0.575. The lowest BCUT2D eigenvalue weighted by Gasteiger charge is -2.13. The van der Waals surface area contributed by atoms with Gasteiger partial charge in [0.05, 0.1) is 32.5 Å². The van der Waals surface area contributed by atoms with Crippen molar-refractivity contribution in [2.75, 3.05) is 57.6 Å². The second-order valence-corrected chi connectivity index (χ2v) is 5.68. The fourth-order valence-corrected chi connectivity index (χ4v) is 2.32. The molecular weight excluding hydrogens is 322 g/mol. The topological polar surface area (TPSA) is 174 Å². The van der Waals surface area contributed by atoms with E-state index in [1.165, 1.54) is 11.8 Å². The maximum absolute atomic E-state index is 11.7. The number of amides is 1. The van der Waals surface area contributed by atoms with E-state index < -0.39 is 6.04 Å². The van der Waals surface area contributed by atoms with Gasteiger partial charge in [-0.3, -0.25) is 4.79 Å². The van der Waals surface area contributed by atoms with Crippen LogP contribution in [0.3, 0.4) is 0 Å². The number of ether oxygens (including phenoxy) is 2. The average Bonchev–Trinajstić information content (AvgIpc) is 2.55. The maximum atomic E-state index is 11.7. The van der Waals surface area contributed by atoms with Gasteiger partial charge in [-0.15, -0.1) is 0 Å². The predicted molar refractivity (Wildman–Crippen MR) is 91.0 cm³/mol. The van der Waals surface area contributed by atoms with Gasteiger partial charge in [-0.05, 0) is 5.53 Å². The molecule has 0 saturated carbocycles. The van der Waals surface area contributed by atoms with Crippen molar-refractivity contribution in [1.29, 1.82) is 0 Å². The van der Waals surface area contributed by atoms with Crippen molar-refractivity contribution in [3.8, 4) is 0 Å². The molecule has 134 valence electrons. The number of hydrogen-bond donors (Lipinski definition) is 4. The van der Waals surface area contributed by atoms with E-state index >= 15 is 0 Å². The van der Waals surface area contributed by atoms with Gasteiger partial charge < -0.3 is 32.0 Å². The molecule has 0 saturated heterocycles. The molecule has 0 unspecified atom stereocenters. The SMILES string of the molecule is [N-]=[N+]=NCCOCCOCCNC(=O)[C@@H](N)CSC[C@@H](N)CN. The third-order valence-corrected chi connectivity index (χ3v) is 3.84. The lowest BCUT2D eigenvalue weighted by atomic mass is 10.3. The van der Waals surface area contributed by atoms with Crippen LogP contribution in [0.1, 0.15) is 0 Å². The molecule has 0 bridgehead atoms. The van der Waals surface area contributed by atoms with Crippen LogP contribution in [-0.2, 0) is 14.3 Å². The quantitative estimate of drug-likeness (QED) is 0.124. The second kappa shape index (κ2) is 15.8. The second-order valence-electron chi connectivity index (χ2n) is 4.61. The van der Waals surface area contributed by atoms with E-state index in [-0.39, 0.29) is 11.9 Å². The molecule has 0 radical (unpaired) electrons. The number of azide groups is 1. The van der Waals surface area contributed by atoms with Crippen molar-refractivity contribution in [3.05, 3.63) is 10.4 Å². The van der Waals surface area contributed by atoms with Crippen LogP contribution < -0.4 is 22.5 Å². The predicted octanol–water partition coefficient (Wildman–Crippen LogP) is -1.21. The van der Waals surface area contributed by atoms with E-state index in [1.54, 1.807) is 0 Å². The summed E-state index contributed by atoms with van der Waals surface area (Å²) in [7, 11) is 0. The Hall–Kier alpha value is -1.07. The largest absolute Gasteiger partial charge is 0.379 e. The highest BCUT2D eigenvalue weighted by Crippen LogP contribution is 2.02. The third kappa shape index (κ3) is 14.3. The number of nitrogens with one attached hydrogen (secondary N) is 1. The number of hydrogen-bond acceptors (Lipinski definition) is 8. The van der Waals surface area contributed by atoms with E-state index in [9.17, 15) is 4.79 Å². The minimum Gasteiger partial charge on any atom is -0.379 e. The Balaban J connectivity index is 3.43. The fraction of sp³-hybridized carbons (Fsp3) is 0.917. The zero-order valence-corrected chi connectivity index (χ0v) is 14.0. The summed E-state index contributed by atoms with van der Waals surface area (Å²) in [6.07, 6.45) is 0. The molecule has 0 aromatic carbocycles. The summed E-state index contributed by atoms with van der Waals surface area (Å²) in [5.41, 5.74) is 24.9. The van der Waals surface area contributed by atoms with Crippen LogP contribution >= 0.6 is 11.8 Å². The van der Waals surface area contributed by atoms with Gasteiger partial charge in [0.1, 0.15) is 0 Å². The summed E-state index contributed by atoms with van der Waals surface area (Å²) in [6, 6.07) is -0.647. The van der Waals surface area contributed by atoms with Crippen LogP contribution in [0.15, 0.2) is 5.11 Å². The number of nitrogens with zero attached hydrogens (tertiary/aromatic N) is 3. The van der Waals surface area contributed by atoms with Gasteiger partial charge >= 0.3 is 0 Å². The van der Waals surface area contributed by atoms with Gasteiger partial charge in [-0.25, -0.2) is 0 Å². The molecule has 0 aromatic rings. The van der Waals surface area contributed by atoms with Crippen molar-refractivity contribution in [1.82, 2.24) is 5.32 Å². The van der Waals surface area contributed by atoms with Crippen LogP contribution in [0.2, 0.25) is 0 Å². The van der Waals surface area contributed by atoms with Crippen LogP contribution in [0.4, 0.5) is 0 Å². The average molecular weight is 349 g/mol. The summed E-state index contributed by atoms with van der Waals surface area (Å²) in [4.78, 5) is 14.3. The van der Waals surface area contributed by atoms with Crippen LogP contribution in [0, 0.1) is 0 Å². The molecule has 7 N–H and O–H groups in total. The lowest BCUT2D eigenvalue weighted by Crippen LogP contribution is -2.44. The molecule has 0 aliphatic heterocycles. The Kier molecular flexibility index (Phi) is 15.1. The number of nitrogens with two attached hydrogens (primary N) is 3. The van der Waals surface area contributed by atoms with Gasteiger partial charge in [0.15, 0.2) is 0 Å². The van der Waals surface area contributed by atoms with Gasteiger partial charge in [0, 0.05) is 42.1 Å². The Morgan fingerprint density at radius 2 is 1.91 bits per heavy atom. The van der Waals surface area contributed by atoms with Gasteiger partial charge in [0.25, 0.3) is 0 Å². The maximum Gasteiger partial charge on any atom is 0.237 e. The highest BCUT2D eigenvalue weighted by Gasteiger charge is 2.13. The molecule has 11 heteroatoms. The molecule has 23 heavy (non-hydrogen) atoms. The molecule has 0 spiro atoms. The van der Waals surface area contributed by atoms with Crippen molar-refractivity contribution in [2.45, 2.75) is 12.1 Å². The molecule has 0 fully saturated rings. The van der Waals surface area contributed by atoms with Crippen LogP contribution in [0.25, 0.3) is 10.4 Å². The molecule has 10 nitrogen and oxygen atoms in total. The smallest absolute Gasteiger partial charge is 0.237 e. The molecule has 2 atom stereocenters. The number of carbonyl (C=O) groups excluding carboxylic acids is 1. The first-order valence-corrected chi connectivity index (χ1v) is 8.50. The number of carbonyl (C=O) groups is 1. The monoisotopic (exact) mass is 349 g/mol. The van der Waals surface area contributed by atoms with Gasteiger partial charge in [-0.2, -0.15) is 11.8 Å². The lowest BCUT2D eigenvalue weighted by molar-refractivity contribution is -0.122. The third-order valence-electron chi connectivity index (χ3n) is 2.59. The Morgan fingerprint density at radius 1 is 1.22 bits per heavy atom. The van der Waals surface area contributed by atoms with E-state index in [2.05, 4.69) is 15.3 Å². The van der Waals surface area contributed by atoms with Crippen molar-refractivity contribution >= 4 is 17.7 Å². The summed E-state index contributed by atoms with van der Waals surface area (Å²) in [5, 5.41) is 6.03. The first-order valence-electron chi connectivity index (χ1n) is 7.34. The van der Waals surface area contributed by atoms with Crippen molar-refractivity contribution in [3.63, 3.8) is 0 Å². The van der Waals surface area contributed by atoms with Crippen molar-refractivity contribution in [2.24, 2.45) is 22.3 Å². The molecule has 0 aliphatic carbocycles. The summed E-state index contributed by atoms with van der Waals surface area (Å²) in [5.74, 6) is 0.965. The zero-order chi connectivity index (χ0) is 17.3. The Morgan fingerprint density at radius 3 is 2.57 bits per heavy atom. The van der Waals surface area contributed by atoms with Crippen LogP contribution in [-0.4, -0.2) is 75.6 Å². The molecule has 0 rings (SSSR count). The van der Waals surface area contributed by atoms with Gasteiger partial charge in [0.2, 0.25) is 5.91 Å².